The predicted molar refractivity (Wildman–Crippen MR) is 103 cm³/mol. The number of nitrogens with one attached hydrogen (secondary N) is 1. The van der Waals surface area contributed by atoms with E-state index in [4.69, 9.17) is 9.84 Å². The van der Waals surface area contributed by atoms with Crippen LogP contribution in [0.25, 0.3) is 0 Å². The summed E-state index contributed by atoms with van der Waals surface area (Å²) >= 11 is 3.33. The average molecular weight is 421 g/mol. The van der Waals surface area contributed by atoms with Crippen LogP contribution in [0.4, 0.5) is 5.69 Å². The molecule has 2 aromatic rings. The van der Waals surface area contributed by atoms with Gasteiger partial charge in [-0.15, -0.1) is 0 Å². The molecule has 0 aliphatic heterocycles. The number of hydrogen-bond donors (Lipinski definition) is 2. The Morgan fingerprint density at radius 3 is 2.50 bits per heavy atom. The maximum atomic E-state index is 12.6. The van der Waals surface area contributed by atoms with E-state index in [0.717, 1.165) is 4.47 Å². The normalized spacial score (nSPS) is 10.3. The molecule has 0 aliphatic carbocycles. The van der Waals surface area contributed by atoms with Crippen molar-refractivity contribution in [2.24, 2.45) is 0 Å². The highest BCUT2D eigenvalue weighted by molar-refractivity contribution is 9.10. The first-order valence-corrected chi connectivity index (χ1v) is 9.01. The van der Waals surface area contributed by atoms with Crippen LogP contribution in [-0.4, -0.2) is 48.1 Å². The van der Waals surface area contributed by atoms with Crippen LogP contribution in [0.5, 0.6) is 5.75 Å². The Morgan fingerprint density at radius 1 is 1.15 bits per heavy atom. The summed E-state index contributed by atoms with van der Waals surface area (Å²) in [4.78, 5) is 26.2. The second-order valence-electron chi connectivity index (χ2n) is 5.45. The molecule has 7 heteroatoms. The van der Waals surface area contributed by atoms with Gasteiger partial charge in [0, 0.05) is 23.2 Å². The lowest BCUT2D eigenvalue weighted by molar-refractivity contribution is -0.118. The molecule has 0 saturated carbocycles. The number of likely N-dealkylation sites (N-methyl/N-ethyl adjacent to an activating group) is 1. The fourth-order valence-electron chi connectivity index (χ4n) is 2.34. The second kappa shape index (κ2) is 9.94. The highest BCUT2D eigenvalue weighted by Gasteiger charge is 2.18. The molecule has 2 aromatic carbocycles. The van der Waals surface area contributed by atoms with Gasteiger partial charge in [0.2, 0.25) is 0 Å². The highest BCUT2D eigenvalue weighted by atomic mass is 79.9. The number of carbonyl (C=O) groups is 2. The van der Waals surface area contributed by atoms with E-state index < -0.39 is 0 Å². The molecule has 0 unspecified atom stereocenters. The van der Waals surface area contributed by atoms with Gasteiger partial charge < -0.3 is 20.1 Å². The lowest BCUT2D eigenvalue weighted by Gasteiger charge is -2.21. The maximum absolute atomic E-state index is 12.6. The second-order valence-corrected chi connectivity index (χ2v) is 6.36. The van der Waals surface area contributed by atoms with Crippen molar-refractivity contribution in [3.05, 3.63) is 58.6 Å². The van der Waals surface area contributed by atoms with Crippen molar-refractivity contribution in [1.82, 2.24) is 4.90 Å². The van der Waals surface area contributed by atoms with Crippen molar-refractivity contribution < 1.29 is 19.4 Å². The van der Waals surface area contributed by atoms with Crippen LogP contribution in [0.15, 0.2) is 53.0 Å². The smallest absolute Gasteiger partial charge is 0.262 e. The summed E-state index contributed by atoms with van der Waals surface area (Å²) in [5.74, 6) is -0.234. The van der Waals surface area contributed by atoms with Crippen LogP contribution >= 0.6 is 15.9 Å². The minimum absolute atomic E-state index is 0.113. The minimum atomic E-state index is -0.322. The third kappa shape index (κ3) is 5.57. The maximum Gasteiger partial charge on any atom is 0.262 e. The molecular weight excluding hydrogens is 400 g/mol. The van der Waals surface area contributed by atoms with Gasteiger partial charge in [-0.25, -0.2) is 0 Å². The summed E-state index contributed by atoms with van der Waals surface area (Å²) in [6, 6.07) is 13.9. The molecule has 0 fully saturated rings. The molecule has 0 spiro atoms. The molecule has 0 radical (unpaired) electrons. The minimum Gasteiger partial charge on any atom is -0.483 e. The number of nitrogens with zero attached hydrogens (tertiary/aromatic N) is 1. The van der Waals surface area contributed by atoms with Gasteiger partial charge in [0.25, 0.3) is 11.8 Å². The standard InChI is InChI=1S/C19H21BrN2O4/c1-2-22(11-12-23)19(25)16-5-3-4-6-17(16)26-13-18(24)21-15-9-7-14(20)8-10-15/h3-10,23H,2,11-13H2,1H3,(H,21,24). The Morgan fingerprint density at radius 2 is 1.85 bits per heavy atom. The van der Waals surface area contributed by atoms with Gasteiger partial charge in [-0.05, 0) is 43.3 Å². The molecular formula is C19H21BrN2O4. The van der Waals surface area contributed by atoms with E-state index in [-0.39, 0.29) is 31.6 Å². The van der Waals surface area contributed by atoms with Gasteiger partial charge in [-0.1, -0.05) is 28.1 Å². The van der Waals surface area contributed by atoms with Crippen LogP contribution in [0.3, 0.4) is 0 Å². The number of halogens is 1. The first-order valence-electron chi connectivity index (χ1n) is 8.22. The van der Waals surface area contributed by atoms with Crippen molar-refractivity contribution in [2.75, 3.05) is 31.6 Å². The Hall–Kier alpha value is -2.38. The summed E-state index contributed by atoms with van der Waals surface area (Å²) in [6.07, 6.45) is 0. The lowest BCUT2D eigenvalue weighted by Crippen LogP contribution is -2.33. The van der Waals surface area contributed by atoms with Gasteiger partial charge >= 0.3 is 0 Å². The van der Waals surface area contributed by atoms with Crippen molar-refractivity contribution >= 4 is 33.4 Å². The molecule has 6 nitrogen and oxygen atoms in total. The number of rotatable bonds is 8. The van der Waals surface area contributed by atoms with E-state index in [1.165, 1.54) is 4.90 Å². The number of carbonyl (C=O) groups excluding carboxylic acids is 2. The molecule has 2 amide bonds. The van der Waals surface area contributed by atoms with E-state index >= 15 is 0 Å². The first-order chi connectivity index (χ1) is 12.5. The largest absolute Gasteiger partial charge is 0.483 e. The van der Waals surface area contributed by atoms with Crippen LogP contribution < -0.4 is 10.1 Å². The first kappa shape index (κ1) is 19.9. The topological polar surface area (TPSA) is 78.9 Å². The zero-order valence-corrected chi connectivity index (χ0v) is 16.0. The van der Waals surface area contributed by atoms with Crippen molar-refractivity contribution in [1.29, 1.82) is 0 Å². The molecule has 0 atom stereocenters. The Bertz CT molecular complexity index is 749. The number of benzene rings is 2. The SMILES string of the molecule is CCN(CCO)C(=O)c1ccccc1OCC(=O)Nc1ccc(Br)cc1. The monoisotopic (exact) mass is 420 g/mol. The van der Waals surface area contributed by atoms with E-state index in [1.54, 1.807) is 36.4 Å². The van der Waals surface area contributed by atoms with Gasteiger partial charge in [-0.3, -0.25) is 9.59 Å². The molecule has 0 bridgehead atoms. The highest BCUT2D eigenvalue weighted by Crippen LogP contribution is 2.20. The Kier molecular flexibility index (Phi) is 7.62. The molecule has 2 rings (SSSR count). The van der Waals surface area contributed by atoms with E-state index in [1.807, 2.05) is 19.1 Å². The predicted octanol–water partition coefficient (Wildman–Crippen LogP) is 2.92. The summed E-state index contributed by atoms with van der Waals surface area (Å²) in [6.45, 7) is 2.22. The molecule has 0 saturated heterocycles. The number of aliphatic hydroxyl groups is 1. The van der Waals surface area contributed by atoms with Crippen molar-refractivity contribution in [2.45, 2.75) is 6.92 Å². The molecule has 138 valence electrons. The fraction of sp³-hybridized carbons (Fsp3) is 0.263. The number of hydrogen-bond acceptors (Lipinski definition) is 4. The van der Waals surface area contributed by atoms with Gasteiger partial charge in [0.15, 0.2) is 6.61 Å². The third-order valence-electron chi connectivity index (χ3n) is 3.64. The zero-order chi connectivity index (χ0) is 18.9. The van der Waals surface area contributed by atoms with Crippen LogP contribution in [0.1, 0.15) is 17.3 Å². The number of aliphatic hydroxyl groups excluding tert-OH is 1. The fourth-order valence-corrected chi connectivity index (χ4v) is 2.60. The van der Waals surface area contributed by atoms with Crippen LogP contribution in [0, 0.1) is 0 Å². The molecule has 0 heterocycles. The quantitative estimate of drug-likeness (QED) is 0.687. The van der Waals surface area contributed by atoms with Gasteiger partial charge in [-0.2, -0.15) is 0 Å². The molecule has 0 aliphatic rings. The van der Waals surface area contributed by atoms with E-state index in [2.05, 4.69) is 21.2 Å². The summed E-state index contributed by atoms with van der Waals surface area (Å²) in [7, 11) is 0. The van der Waals surface area contributed by atoms with Crippen LogP contribution in [0.2, 0.25) is 0 Å². The number of amides is 2. The van der Waals surface area contributed by atoms with Gasteiger partial charge in [0.1, 0.15) is 5.75 Å². The molecule has 0 aromatic heterocycles. The van der Waals surface area contributed by atoms with Gasteiger partial charge in [0.05, 0.1) is 12.2 Å². The molecule has 26 heavy (non-hydrogen) atoms. The summed E-state index contributed by atoms with van der Waals surface area (Å²) in [5, 5.41) is 11.8. The molecule has 2 N–H and O–H groups in total. The van der Waals surface area contributed by atoms with Crippen molar-refractivity contribution in [3.63, 3.8) is 0 Å². The number of para-hydroxylation sites is 1. The van der Waals surface area contributed by atoms with Crippen molar-refractivity contribution in [3.8, 4) is 5.75 Å². The zero-order valence-electron chi connectivity index (χ0n) is 14.4. The van der Waals surface area contributed by atoms with Crippen LogP contribution in [-0.2, 0) is 4.79 Å². The Balaban J connectivity index is 2.02. The number of ether oxygens (including phenoxy) is 1. The third-order valence-corrected chi connectivity index (χ3v) is 4.17. The van der Waals surface area contributed by atoms with E-state index in [9.17, 15) is 9.59 Å². The number of anilines is 1. The summed E-state index contributed by atoms with van der Waals surface area (Å²) < 4.78 is 6.48. The Labute approximate surface area is 160 Å². The average Bonchev–Trinajstić information content (AvgIpc) is 2.66. The summed E-state index contributed by atoms with van der Waals surface area (Å²) in [5.41, 5.74) is 1.02. The lowest BCUT2D eigenvalue weighted by atomic mass is 10.1. The van der Waals surface area contributed by atoms with E-state index in [0.29, 0.717) is 23.5 Å².